The number of nitrogens with zero attached hydrogens (tertiary/aromatic N) is 1. The summed E-state index contributed by atoms with van der Waals surface area (Å²) in [5, 5.41) is 8.97. The summed E-state index contributed by atoms with van der Waals surface area (Å²) in [4.78, 5) is 11.7. The summed E-state index contributed by atoms with van der Waals surface area (Å²) in [7, 11) is 0. The van der Waals surface area contributed by atoms with Crippen molar-refractivity contribution >= 4 is 21.9 Å². The zero-order valence-corrected chi connectivity index (χ0v) is 10.3. The summed E-state index contributed by atoms with van der Waals surface area (Å²) in [5.41, 5.74) is 0.583. The predicted octanol–water partition coefficient (Wildman–Crippen LogP) is 2.61. The van der Waals surface area contributed by atoms with Crippen LogP contribution in [0.25, 0.3) is 0 Å². The number of fused-ring (bicyclic) bond motifs is 1. The highest BCUT2D eigenvalue weighted by Gasteiger charge is 2.35. The second kappa shape index (κ2) is 3.49. The van der Waals surface area contributed by atoms with Crippen LogP contribution < -0.4 is 4.74 Å². The normalized spacial score (nSPS) is 16.8. The first-order valence-corrected chi connectivity index (χ1v) is 5.38. The largest absolute Gasteiger partial charge is 0.451 e. The third kappa shape index (κ3) is 1.76. The van der Waals surface area contributed by atoms with E-state index in [1.54, 1.807) is 26.0 Å². The molecule has 0 bridgehead atoms. The molecule has 5 heteroatoms. The molecule has 0 saturated heterocycles. The predicted molar refractivity (Wildman–Crippen MR) is 59.0 cm³/mol. The Kier molecular flexibility index (Phi) is 2.39. The third-order valence-electron chi connectivity index (χ3n) is 2.08. The molecule has 0 unspecified atom stereocenters. The highest BCUT2D eigenvalue weighted by atomic mass is 79.9. The zero-order chi connectivity index (χ0) is 11.9. The molecule has 0 N–H and O–H groups in total. The SMILES string of the molecule is CC1(C)OC(=O)c2cc(Br)cc(C#N)c2O1. The van der Waals surface area contributed by atoms with Gasteiger partial charge in [-0.25, -0.2) is 4.79 Å². The second-order valence-corrected chi connectivity index (χ2v) is 4.75. The lowest BCUT2D eigenvalue weighted by Crippen LogP contribution is -2.39. The highest BCUT2D eigenvalue weighted by molar-refractivity contribution is 9.10. The monoisotopic (exact) mass is 281 g/mol. The number of esters is 1. The van der Waals surface area contributed by atoms with E-state index in [4.69, 9.17) is 14.7 Å². The average Bonchev–Trinajstić information content (AvgIpc) is 2.17. The van der Waals surface area contributed by atoms with Crippen LogP contribution in [0.15, 0.2) is 16.6 Å². The average molecular weight is 282 g/mol. The quantitative estimate of drug-likeness (QED) is 0.686. The van der Waals surface area contributed by atoms with E-state index in [0.29, 0.717) is 10.0 Å². The fraction of sp³-hybridized carbons (Fsp3) is 0.273. The fourth-order valence-corrected chi connectivity index (χ4v) is 1.94. The number of cyclic esters (lactones) is 1. The van der Waals surface area contributed by atoms with Gasteiger partial charge < -0.3 is 9.47 Å². The molecule has 16 heavy (non-hydrogen) atoms. The minimum absolute atomic E-state index is 0.269. The lowest BCUT2D eigenvalue weighted by atomic mass is 10.1. The Bertz CT molecular complexity index is 517. The molecule has 1 aliphatic heterocycles. The van der Waals surface area contributed by atoms with Gasteiger partial charge in [0.25, 0.3) is 0 Å². The molecule has 0 saturated carbocycles. The first-order chi connectivity index (χ1) is 7.43. The number of carbonyl (C=O) groups is 1. The fourth-order valence-electron chi connectivity index (χ4n) is 1.48. The summed E-state index contributed by atoms with van der Waals surface area (Å²) in [6.07, 6.45) is 0. The van der Waals surface area contributed by atoms with Crippen molar-refractivity contribution in [3.05, 3.63) is 27.7 Å². The number of carbonyl (C=O) groups excluding carboxylic acids is 1. The van der Waals surface area contributed by atoms with Crippen molar-refractivity contribution in [2.24, 2.45) is 0 Å². The number of hydrogen-bond acceptors (Lipinski definition) is 4. The molecule has 0 radical (unpaired) electrons. The van der Waals surface area contributed by atoms with Gasteiger partial charge in [0.15, 0.2) is 5.75 Å². The van der Waals surface area contributed by atoms with Crippen LogP contribution in [0.2, 0.25) is 0 Å². The molecule has 1 heterocycles. The second-order valence-electron chi connectivity index (χ2n) is 3.83. The molecule has 0 aromatic heterocycles. The van der Waals surface area contributed by atoms with Gasteiger partial charge in [-0.1, -0.05) is 15.9 Å². The summed E-state index contributed by atoms with van der Waals surface area (Å²) in [6, 6.07) is 5.17. The Labute approximate surface area is 101 Å². The van der Waals surface area contributed by atoms with Crippen molar-refractivity contribution in [2.75, 3.05) is 0 Å². The smallest absolute Gasteiger partial charge is 0.345 e. The van der Waals surface area contributed by atoms with Crippen LogP contribution in [0.1, 0.15) is 29.8 Å². The van der Waals surface area contributed by atoms with Crippen LogP contribution in [-0.4, -0.2) is 11.8 Å². The zero-order valence-electron chi connectivity index (χ0n) is 8.70. The Morgan fingerprint density at radius 1 is 1.38 bits per heavy atom. The molecular weight excluding hydrogens is 274 g/mol. The van der Waals surface area contributed by atoms with Gasteiger partial charge in [-0.15, -0.1) is 0 Å². The minimum Gasteiger partial charge on any atom is -0.451 e. The van der Waals surface area contributed by atoms with Crippen molar-refractivity contribution in [3.63, 3.8) is 0 Å². The van der Waals surface area contributed by atoms with Crippen molar-refractivity contribution in [3.8, 4) is 11.8 Å². The maximum atomic E-state index is 11.7. The number of nitriles is 1. The van der Waals surface area contributed by atoms with Gasteiger partial charge in [0.1, 0.15) is 11.6 Å². The molecule has 82 valence electrons. The van der Waals surface area contributed by atoms with Crippen molar-refractivity contribution in [1.82, 2.24) is 0 Å². The molecule has 2 rings (SSSR count). The van der Waals surface area contributed by atoms with Crippen LogP contribution in [0.3, 0.4) is 0 Å². The summed E-state index contributed by atoms with van der Waals surface area (Å²) in [5.74, 6) is -1.24. The Morgan fingerprint density at radius 2 is 2.06 bits per heavy atom. The van der Waals surface area contributed by atoms with Gasteiger partial charge in [-0.2, -0.15) is 5.26 Å². The van der Waals surface area contributed by atoms with E-state index in [-0.39, 0.29) is 11.3 Å². The maximum Gasteiger partial charge on any atom is 0.345 e. The van der Waals surface area contributed by atoms with E-state index in [0.717, 1.165) is 0 Å². The molecule has 4 nitrogen and oxygen atoms in total. The van der Waals surface area contributed by atoms with E-state index in [1.165, 1.54) is 0 Å². The molecule has 0 fully saturated rings. The first kappa shape index (κ1) is 11.0. The van der Waals surface area contributed by atoms with E-state index >= 15 is 0 Å². The minimum atomic E-state index is -1.04. The van der Waals surface area contributed by atoms with Gasteiger partial charge in [-0.05, 0) is 12.1 Å². The maximum absolute atomic E-state index is 11.7. The Morgan fingerprint density at radius 3 is 2.69 bits per heavy atom. The van der Waals surface area contributed by atoms with Crippen molar-refractivity contribution in [2.45, 2.75) is 19.6 Å². The third-order valence-corrected chi connectivity index (χ3v) is 2.54. The molecule has 1 aromatic carbocycles. The van der Waals surface area contributed by atoms with Gasteiger partial charge in [0.2, 0.25) is 5.79 Å². The first-order valence-electron chi connectivity index (χ1n) is 4.59. The molecule has 0 amide bonds. The van der Waals surface area contributed by atoms with Crippen molar-refractivity contribution < 1.29 is 14.3 Å². The molecular formula is C11H8BrNO3. The van der Waals surface area contributed by atoms with Gasteiger partial charge >= 0.3 is 5.97 Å². The molecule has 0 aliphatic carbocycles. The summed E-state index contributed by atoms with van der Waals surface area (Å²) < 4.78 is 11.2. The Balaban J connectivity index is 2.66. The van der Waals surface area contributed by atoms with E-state index < -0.39 is 11.8 Å². The summed E-state index contributed by atoms with van der Waals surface area (Å²) >= 11 is 3.22. The molecule has 0 spiro atoms. The standard InChI is InChI=1S/C11H8BrNO3/c1-11(2)15-9-6(5-13)3-7(12)4-8(9)10(14)16-11/h3-4H,1-2H3. The van der Waals surface area contributed by atoms with Crippen LogP contribution >= 0.6 is 15.9 Å². The lowest BCUT2D eigenvalue weighted by molar-refractivity contribution is -0.127. The van der Waals surface area contributed by atoms with Gasteiger partial charge in [0, 0.05) is 18.3 Å². The molecule has 1 aliphatic rings. The Hall–Kier alpha value is -1.54. The van der Waals surface area contributed by atoms with Crippen LogP contribution in [-0.2, 0) is 4.74 Å². The highest BCUT2D eigenvalue weighted by Crippen LogP contribution is 2.36. The number of halogens is 1. The van der Waals surface area contributed by atoms with Crippen LogP contribution in [0, 0.1) is 11.3 Å². The van der Waals surface area contributed by atoms with E-state index in [2.05, 4.69) is 15.9 Å². The van der Waals surface area contributed by atoms with E-state index in [9.17, 15) is 4.79 Å². The topological polar surface area (TPSA) is 59.3 Å². The molecule has 1 aromatic rings. The van der Waals surface area contributed by atoms with Gasteiger partial charge in [-0.3, -0.25) is 0 Å². The number of rotatable bonds is 0. The van der Waals surface area contributed by atoms with Gasteiger partial charge in [0.05, 0.1) is 5.56 Å². The summed E-state index contributed by atoms with van der Waals surface area (Å²) in [6.45, 7) is 3.24. The molecule has 0 atom stereocenters. The number of benzene rings is 1. The number of hydrogen-bond donors (Lipinski definition) is 0. The number of ether oxygens (including phenoxy) is 2. The lowest BCUT2D eigenvalue weighted by Gasteiger charge is -2.32. The van der Waals surface area contributed by atoms with Crippen LogP contribution in [0.4, 0.5) is 0 Å². The van der Waals surface area contributed by atoms with Crippen LogP contribution in [0.5, 0.6) is 5.75 Å². The van der Waals surface area contributed by atoms with E-state index in [1.807, 2.05) is 6.07 Å². The van der Waals surface area contributed by atoms with Crippen molar-refractivity contribution in [1.29, 1.82) is 5.26 Å².